The highest BCUT2D eigenvalue weighted by Gasteiger charge is 2.40. The maximum absolute atomic E-state index is 12.5. The summed E-state index contributed by atoms with van der Waals surface area (Å²) in [5, 5.41) is 3.61. The predicted molar refractivity (Wildman–Crippen MR) is 117 cm³/mol. The molecule has 2 saturated heterocycles. The Kier molecular flexibility index (Phi) is 6.97. The van der Waals surface area contributed by atoms with E-state index in [4.69, 9.17) is 4.74 Å². The van der Waals surface area contributed by atoms with E-state index in [1.165, 1.54) is 5.56 Å². The molecule has 1 aromatic rings. The zero-order valence-corrected chi connectivity index (χ0v) is 18.2. The molecule has 3 aliphatic rings. The van der Waals surface area contributed by atoms with Gasteiger partial charge in [0.1, 0.15) is 6.10 Å². The molecule has 2 aliphatic heterocycles. The van der Waals surface area contributed by atoms with Gasteiger partial charge in [0.15, 0.2) is 5.96 Å². The van der Waals surface area contributed by atoms with E-state index < -0.39 is 0 Å². The lowest BCUT2D eigenvalue weighted by atomic mass is 10.1. The Hall–Kier alpha value is -1.35. The zero-order chi connectivity index (χ0) is 17.9. The van der Waals surface area contributed by atoms with Crippen molar-refractivity contribution in [2.45, 2.75) is 37.3 Å². The molecule has 1 amide bonds. The molecule has 6 nitrogen and oxygen atoms in total. The van der Waals surface area contributed by atoms with Crippen LogP contribution >= 0.6 is 24.0 Å². The van der Waals surface area contributed by atoms with E-state index in [2.05, 4.69) is 45.5 Å². The van der Waals surface area contributed by atoms with Gasteiger partial charge in [0.05, 0.1) is 0 Å². The second-order valence-electron chi connectivity index (χ2n) is 7.36. The lowest BCUT2D eigenvalue weighted by molar-refractivity contribution is -0.142. The monoisotopic (exact) mass is 484 g/mol. The first kappa shape index (κ1) is 20.4. The number of benzene rings is 1. The summed E-state index contributed by atoms with van der Waals surface area (Å²) >= 11 is 0. The number of halogens is 1. The van der Waals surface area contributed by atoms with Crippen molar-refractivity contribution < 1.29 is 9.53 Å². The molecule has 3 unspecified atom stereocenters. The number of nitrogens with zero attached hydrogens (tertiary/aromatic N) is 3. The molecule has 4 rings (SSSR count). The van der Waals surface area contributed by atoms with Crippen LogP contribution in [0.3, 0.4) is 0 Å². The predicted octanol–water partition coefficient (Wildman–Crippen LogP) is 2.06. The minimum absolute atomic E-state index is 0. The molecular weight excluding hydrogens is 455 g/mol. The van der Waals surface area contributed by atoms with E-state index >= 15 is 0 Å². The molecule has 0 aromatic heterocycles. The molecule has 3 fully saturated rings. The summed E-state index contributed by atoms with van der Waals surface area (Å²) in [5.41, 5.74) is 1.40. The quantitative estimate of drug-likeness (QED) is 0.406. The molecule has 148 valence electrons. The number of hydrogen-bond donors (Lipinski definition) is 1. The van der Waals surface area contributed by atoms with Gasteiger partial charge in [-0.1, -0.05) is 30.3 Å². The Morgan fingerprint density at radius 2 is 1.85 bits per heavy atom. The number of hydrogen-bond acceptors (Lipinski definition) is 3. The average Bonchev–Trinajstić information content (AvgIpc) is 3.25. The van der Waals surface area contributed by atoms with Crippen LogP contribution in [0, 0.1) is 0 Å². The van der Waals surface area contributed by atoms with E-state index in [0.29, 0.717) is 12.0 Å². The molecule has 0 spiro atoms. The first-order valence-corrected chi connectivity index (χ1v) is 9.70. The van der Waals surface area contributed by atoms with Crippen LogP contribution in [0.2, 0.25) is 0 Å². The van der Waals surface area contributed by atoms with E-state index in [0.717, 1.165) is 58.0 Å². The van der Waals surface area contributed by atoms with Gasteiger partial charge in [-0.25, -0.2) is 0 Å². The summed E-state index contributed by atoms with van der Waals surface area (Å²) in [7, 11) is 1.84. The highest BCUT2D eigenvalue weighted by atomic mass is 127. The fourth-order valence-corrected chi connectivity index (χ4v) is 4.00. The first-order chi connectivity index (χ1) is 12.8. The highest BCUT2D eigenvalue weighted by molar-refractivity contribution is 14.0. The number of nitrogens with one attached hydrogen (secondary N) is 1. The number of carbonyl (C=O) groups excluding carboxylic acids is 1. The highest BCUT2D eigenvalue weighted by Crippen LogP contribution is 2.40. The lowest BCUT2D eigenvalue weighted by Crippen LogP contribution is -2.55. The molecule has 0 bridgehead atoms. The van der Waals surface area contributed by atoms with Gasteiger partial charge in [0.2, 0.25) is 0 Å². The second kappa shape index (κ2) is 9.23. The van der Waals surface area contributed by atoms with Crippen molar-refractivity contribution >= 4 is 35.8 Å². The van der Waals surface area contributed by atoms with Crippen LogP contribution in [0.15, 0.2) is 35.3 Å². The van der Waals surface area contributed by atoms with Crippen molar-refractivity contribution in [3.63, 3.8) is 0 Å². The lowest BCUT2D eigenvalue weighted by Gasteiger charge is -2.37. The Morgan fingerprint density at radius 3 is 2.48 bits per heavy atom. The molecule has 1 saturated carbocycles. The van der Waals surface area contributed by atoms with E-state index in [1.807, 2.05) is 11.9 Å². The standard InChI is InChI=1S/C20H28N4O2.HI/c1-21-20(22-17-14-16(17)15-6-3-2-4-7-15)24-11-9-23(10-12-24)19(25)18-8-5-13-26-18;/h2-4,6-7,16-18H,5,8-14H2,1H3,(H,21,22);1H. The van der Waals surface area contributed by atoms with Crippen molar-refractivity contribution in [1.82, 2.24) is 15.1 Å². The minimum atomic E-state index is -0.211. The Balaban J connectivity index is 0.00000210. The zero-order valence-electron chi connectivity index (χ0n) is 15.8. The van der Waals surface area contributed by atoms with Crippen molar-refractivity contribution in [2.24, 2.45) is 4.99 Å². The molecule has 1 aliphatic carbocycles. The van der Waals surface area contributed by atoms with E-state index in [9.17, 15) is 4.79 Å². The smallest absolute Gasteiger partial charge is 0.251 e. The van der Waals surface area contributed by atoms with Gasteiger partial charge < -0.3 is 19.9 Å². The molecule has 2 heterocycles. The van der Waals surface area contributed by atoms with Crippen LogP contribution in [0.5, 0.6) is 0 Å². The van der Waals surface area contributed by atoms with Crippen LogP contribution in [0.1, 0.15) is 30.7 Å². The van der Waals surface area contributed by atoms with E-state index in [-0.39, 0.29) is 36.0 Å². The van der Waals surface area contributed by atoms with Crippen molar-refractivity contribution in [2.75, 3.05) is 39.8 Å². The van der Waals surface area contributed by atoms with Crippen LogP contribution in [-0.4, -0.2) is 73.6 Å². The molecule has 27 heavy (non-hydrogen) atoms. The van der Waals surface area contributed by atoms with E-state index in [1.54, 1.807) is 0 Å². The second-order valence-corrected chi connectivity index (χ2v) is 7.36. The Morgan fingerprint density at radius 1 is 1.15 bits per heavy atom. The number of ether oxygens (including phenoxy) is 1. The molecule has 7 heteroatoms. The topological polar surface area (TPSA) is 57.2 Å². The summed E-state index contributed by atoms with van der Waals surface area (Å²) in [6, 6.07) is 11.1. The minimum Gasteiger partial charge on any atom is -0.368 e. The van der Waals surface area contributed by atoms with Crippen LogP contribution in [0.4, 0.5) is 0 Å². The third-order valence-corrected chi connectivity index (χ3v) is 5.64. The van der Waals surface area contributed by atoms with Crippen LogP contribution in [0.25, 0.3) is 0 Å². The largest absolute Gasteiger partial charge is 0.368 e. The van der Waals surface area contributed by atoms with Crippen LogP contribution in [-0.2, 0) is 9.53 Å². The summed E-state index contributed by atoms with van der Waals surface area (Å²) in [4.78, 5) is 21.2. The van der Waals surface area contributed by atoms with Crippen molar-refractivity contribution in [3.05, 3.63) is 35.9 Å². The van der Waals surface area contributed by atoms with Crippen molar-refractivity contribution in [1.29, 1.82) is 0 Å². The Labute approximate surface area is 178 Å². The van der Waals surface area contributed by atoms with Gasteiger partial charge in [0, 0.05) is 51.8 Å². The van der Waals surface area contributed by atoms with Gasteiger partial charge in [-0.3, -0.25) is 9.79 Å². The van der Waals surface area contributed by atoms with Gasteiger partial charge >= 0.3 is 0 Å². The van der Waals surface area contributed by atoms with Gasteiger partial charge in [-0.15, -0.1) is 24.0 Å². The molecule has 3 atom stereocenters. The number of piperazine rings is 1. The molecule has 1 aromatic carbocycles. The number of carbonyl (C=O) groups is 1. The van der Waals surface area contributed by atoms with Crippen LogP contribution < -0.4 is 5.32 Å². The van der Waals surface area contributed by atoms with Gasteiger partial charge in [0.25, 0.3) is 5.91 Å². The maximum atomic E-state index is 12.5. The summed E-state index contributed by atoms with van der Waals surface area (Å²) in [6.45, 7) is 3.84. The van der Waals surface area contributed by atoms with Crippen molar-refractivity contribution in [3.8, 4) is 0 Å². The molecular formula is C20H29IN4O2. The fraction of sp³-hybridized carbons (Fsp3) is 0.600. The first-order valence-electron chi connectivity index (χ1n) is 9.70. The molecule has 1 N–H and O–H groups in total. The summed E-state index contributed by atoms with van der Waals surface area (Å²) < 4.78 is 5.54. The van der Waals surface area contributed by atoms with Gasteiger partial charge in [-0.2, -0.15) is 0 Å². The Bertz CT molecular complexity index is 655. The third-order valence-electron chi connectivity index (χ3n) is 5.64. The number of amides is 1. The summed E-state index contributed by atoms with van der Waals surface area (Å²) in [6.07, 6.45) is 2.81. The number of aliphatic imine (C=N–C) groups is 1. The molecule has 0 radical (unpaired) electrons. The number of guanidine groups is 1. The maximum Gasteiger partial charge on any atom is 0.251 e. The average molecular weight is 484 g/mol. The summed E-state index contributed by atoms with van der Waals surface area (Å²) in [5.74, 6) is 1.70. The SMILES string of the molecule is CN=C(NC1CC1c1ccccc1)N1CCN(C(=O)C2CCCO2)CC1.I. The fourth-order valence-electron chi connectivity index (χ4n) is 4.00. The third kappa shape index (κ3) is 4.74. The normalized spacial score (nSPS) is 27.9. The number of rotatable bonds is 3. The van der Waals surface area contributed by atoms with Gasteiger partial charge in [-0.05, 0) is 24.8 Å².